The van der Waals surface area contributed by atoms with Crippen molar-refractivity contribution in [2.24, 2.45) is 11.6 Å². The molecule has 1 atom stereocenters. The topological polar surface area (TPSA) is 81.1 Å². The van der Waals surface area contributed by atoms with Gasteiger partial charge in [0.05, 0.1) is 0 Å². The van der Waals surface area contributed by atoms with Crippen LogP contribution in [0.1, 0.15) is 29.3 Å². The Bertz CT molecular complexity index is 414. The summed E-state index contributed by atoms with van der Waals surface area (Å²) in [6.45, 7) is 2.88. The maximum atomic E-state index is 11.4. The molecule has 1 amide bonds. The van der Waals surface area contributed by atoms with E-state index < -0.39 is 0 Å². The van der Waals surface area contributed by atoms with Gasteiger partial charge in [-0.2, -0.15) is 11.8 Å². The molecular formula is C12H18BrN3OS. The van der Waals surface area contributed by atoms with Gasteiger partial charge in [0.1, 0.15) is 0 Å². The number of thioether (sulfide) groups is 1. The number of carbonyl (C=O) groups is 1. The summed E-state index contributed by atoms with van der Waals surface area (Å²) in [5, 5.41) is 0.536. The molecule has 0 spiro atoms. The first kappa shape index (κ1) is 15.5. The SMILES string of the molecule is CC(CCN)SCc1ccc(C(=O)NN)cc1Br. The third-order valence-corrected chi connectivity index (χ3v) is 4.56. The van der Waals surface area contributed by atoms with E-state index in [1.165, 1.54) is 0 Å². The number of amides is 1. The van der Waals surface area contributed by atoms with Crippen LogP contribution in [0.2, 0.25) is 0 Å². The highest BCUT2D eigenvalue weighted by Crippen LogP contribution is 2.26. The van der Waals surface area contributed by atoms with E-state index in [-0.39, 0.29) is 5.91 Å². The molecule has 100 valence electrons. The minimum absolute atomic E-state index is 0.286. The second-order valence-electron chi connectivity index (χ2n) is 3.98. The molecule has 4 nitrogen and oxygen atoms in total. The molecule has 1 unspecified atom stereocenters. The summed E-state index contributed by atoms with van der Waals surface area (Å²) in [6.07, 6.45) is 1.01. The van der Waals surface area contributed by atoms with Crippen LogP contribution in [-0.4, -0.2) is 17.7 Å². The van der Waals surface area contributed by atoms with Gasteiger partial charge in [0.25, 0.3) is 5.91 Å². The molecule has 0 aliphatic rings. The second-order valence-corrected chi connectivity index (χ2v) is 6.26. The number of carbonyl (C=O) groups excluding carboxylic acids is 1. The van der Waals surface area contributed by atoms with Crippen LogP contribution in [-0.2, 0) is 5.75 Å². The summed E-state index contributed by atoms with van der Waals surface area (Å²) in [5.41, 5.74) is 9.35. The van der Waals surface area contributed by atoms with Crippen molar-refractivity contribution in [3.63, 3.8) is 0 Å². The van der Waals surface area contributed by atoms with Gasteiger partial charge in [0, 0.05) is 21.0 Å². The molecule has 18 heavy (non-hydrogen) atoms. The highest BCUT2D eigenvalue weighted by atomic mass is 79.9. The highest BCUT2D eigenvalue weighted by Gasteiger charge is 2.08. The molecule has 1 rings (SSSR count). The molecule has 0 fully saturated rings. The van der Waals surface area contributed by atoms with E-state index in [1.807, 2.05) is 17.8 Å². The first-order chi connectivity index (χ1) is 8.58. The minimum Gasteiger partial charge on any atom is -0.330 e. The van der Waals surface area contributed by atoms with Gasteiger partial charge < -0.3 is 5.73 Å². The Morgan fingerprint density at radius 1 is 1.56 bits per heavy atom. The molecule has 0 aliphatic heterocycles. The lowest BCUT2D eigenvalue weighted by Crippen LogP contribution is -2.29. The second kappa shape index (κ2) is 7.78. The van der Waals surface area contributed by atoms with Crippen LogP contribution in [0.4, 0.5) is 0 Å². The van der Waals surface area contributed by atoms with E-state index >= 15 is 0 Å². The number of hydrogen-bond donors (Lipinski definition) is 3. The zero-order chi connectivity index (χ0) is 13.5. The van der Waals surface area contributed by atoms with E-state index in [2.05, 4.69) is 28.3 Å². The Morgan fingerprint density at radius 3 is 2.83 bits per heavy atom. The van der Waals surface area contributed by atoms with Crippen LogP contribution in [0, 0.1) is 0 Å². The largest absolute Gasteiger partial charge is 0.330 e. The third-order valence-electron chi connectivity index (χ3n) is 2.54. The standard InChI is InChI=1S/C12H18BrN3OS/c1-8(4-5-14)18-7-10-3-2-9(6-11(10)13)12(17)16-15/h2-3,6,8H,4-5,7,14-15H2,1H3,(H,16,17). The Morgan fingerprint density at radius 2 is 2.28 bits per heavy atom. The summed E-state index contributed by atoms with van der Waals surface area (Å²) < 4.78 is 0.927. The van der Waals surface area contributed by atoms with Gasteiger partial charge in [-0.15, -0.1) is 0 Å². The van der Waals surface area contributed by atoms with Gasteiger partial charge >= 0.3 is 0 Å². The van der Waals surface area contributed by atoms with Gasteiger partial charge in [-0.25, -0.2) is 5.84 Å². The lowest BCUT2D eigenvalue weighted by molar-refractivity contribution is 0.0953. The number of benzene rings is 1. The number of nitrogens with two attached hydrogens (primary N) is 2. The molecule has 0 radical (unpaired) electrons. The van der Waals surface area contributed by atoms with Gasteiger partial charge in [-0.1, -0.05) is 28.9 Å². The number of hydrogen-bond acceptors (Lipinski definition) is 4. The summed E-state index contributed by atoms with van der Waals surface area (Å²) >= 11 is 5.33. The fourth-order valence-corrected chi connectivity index (χ4v) is 3.16. The summed E-state index contributed by atoms with van der Waals surface area (Å²) in [5.74, 6) is 5.70. The molecule has 0 bridgehead atoms. The zero-order valence-corrected chi connectivity index (χ0v) is 12.7. The minimum atomic E-state index is -0.286. The monoisotopic (exact) mass is 331 g/mol. The van der Waals surface area contributed by atoms with Crippen LogP contribution >= 0.6 is 27.7 Å². The Labute approximate surface area is 120 Å². The summed E-state index contributed by atoms with van der Waals surface area (Å²) in [4.78, 5) is 11.4. The normalized spacial score (nSPS) is 12.2. The van der Waals surface area contributed by atoms with Crippen molar-refractivity contribution in [2.45, 2.75) is 24.3 Å². The molecule has 0 saturated carbocycles. The van der Waals surface area contributed by atoms with Crippen LogP contribution in [0.25, 0.3) is 0 Å². The maximum Gasteiger partial charge on any atom is 0.265 e. The van der Waals surface area contributed by atoms with Crippen molar-refractivity contribution >= 4 is 33.6 Å². The molecule has 0 aromatic heterocycles. The number of halogens is 1. The third kappa shape index (κ3) is 4.61. The fourth-order valence-electron chi connectivity index (χ4n) is 1.44. The molecular weight excluding hydrogens is 314 g/mol. The van der Waals surface area contributed by atoms with Crippen molar-refractivity contribution < 1.29 is 4.79 Å². The number of rotatable bonds is 6. The van der Waals surface area contributed by atoms with Crippen molar-refractivity contribution in [1.82, 2.24) is 5.43 Å². The summed E-state index contributed by atoms with van der Waals surface area (Å²) in [6, 6.07) is 5.50. The van der Waals surface area contributed by atoms with Crippen LogP contribution in [0.3, 0.4) is 0 Å². The Kier molecular flexibility index (Phi) is 6.70. The van der Waals surface area contributed by atoms with E-state index in [4.69, 9.17) is 11.6 Å². The van der Waals surface area contributed by atoms with Crippen molar-refractivity contribution in [3.05, 3.63) is 33.8 Å². The lowest BCUT2D eigenvalue weighted by Gasteiger charge is -2.11. The molecule has 5 N–H and O–H groups in total. The number of hydrazine groups is 1. The zero-order valence-electron chi connectivity index (χ0n) is 10.3. The summed E-state index contributed by atoms with van der Waals surface area (Å²) in [7, 11) is 0. The van der Waals surface area contributed by atoms with Crippen LogP contribution in [0.5, 0.6) is 0 Å². The van der Waals surface area contributed by atoms with Crippen molar-refractivity contribution in [2.75, 3.05) is 6.54 Å². The molecule has 0 saturated heterocycles. The van der Waals surface area contributed by atoms with E-state index in [0.717, 1.165) is 22.2 Å². The van der Waals surface area contributed by atoms with E-state index in [9.17, 15) is 4.79 Å². The predicted molar refractivity (Wildman–Crippen MR) is 80.2 cm³/mol. The molecule has 6 heteroatoms. The molecule has 1 aromatic rings. The van der Waals surface area contributed by atoms with E-state index in [0.29, 0.717) is 17.4 Å². The number of nitrogen functional groups attached to an aromatic ring is 1. The number of nitrogens with one attached hydrogen (secondary N) is 1. The van der Waals surface area contributed by atoms with Crippen LogP contribution in [0.15, 0.2) is 22.7 Å². The lowest BCUT2D eigenvalue weighted by atomic mass is 10.1. The van der Waals surface area contributed by atoms with Crippen molar-refractivity contribution in [3.8, 4) is 0 Å². The van der Waals surface area contributed by atoms with Gasteiger partial charge in [-0.3, -0.25) is 10.2 Å². The molecule has 0 heterocycles. The molecule has 0 aliphatic carbocycles. The Hall–Kier alpha value is -0.560. The molecule has 1 aromatic carbocycles. The predicted octanol–water partition coefficient (Wildman–Crippen LogP) is 2.02. The van der Waals surface area contributed by atoms with Crippen LogP contribution < -0.4 is 17.0 Å². The average Bonchev–Trinajstić information content (AvgIpc) is 2.36. The van der Waals surface area contributed by atoms with Gasteiger partial charge in [0.2, 0.25) is 0 Å². The fraction of sp³-hybridized carbons (Fsp3) is 0.417. The maximum absolute atomic E-state index is 11.4. The smallest absolute Gasteiger partial charge is 0.265 e. The first-order valence-electron chi connectivity index (χ1n) is 5.69. The quantitative estimate of drug-likeness (QED) is 0.423. The highest BCUT2D eigenvalue weighted by molar-refractivity contribution is 9.10. The average molecular weight is 332 g/mol. The van der Waals surface area contributed by atoms with E-state index in [1.54, 1.807) is 12.1 Å². The Balaban J connectivity index is 2.65. The van der Waals surface area contributed by atoms with Crippen molar-refractivity contribution in [1.29, 1.82) is 0 Å². The van der Waals surface area contributed by atoms with Gasteiger partial charge in [-0.05, 0) is 30.7 Å². The first-order valence-corrected chi connectivity index (χ1v) is 7.53. The van der Waals surface area contributed by atoms with Gasteiger partial charge in [0.15, 0.2) is 0 Å².